The third-order valence-corrected chi connectivity index (χ3v) is 7.59. The molecule has 196 valence electrons. The average molecular weight is 510 g/mol. The van der Waals surface area contributed by atoms with Crippen LogP contribution in [0.4, 0.5) is 0 Å². The molecule has 0 amide bonds. The highest BCUT2D eigenvalue weighted by Gasteiger charge is 2.28. The summed E-state index contributed by atoms with van der Waals surface area (Å²) in [6.07, 6.45) is 19.8. The van der Waals surface area contributed by atoms with Gasteiger partial charge in [0.2, 0.25) is 8.32 Å². The molecule has 34 heavy (non-hydrogen) atoms. The molecule has 0 fully saturated rings. The average Bonchev–Trinajstić information content (AvgIpc) is 3.08. The molecule has 0 heterocycles. The fourth-order valence-corrected chi connectivity index (χ4v) is 6.17. The van der Waals surface area contributed by atoms with Crippen LogP contribution in [-0.4, -0.2) is 41.5 Å². The highest BCUT2D eigenvalue weighted by Crippen LogP contribution is 2.30. The van der Waals surface area contributed by atoms with Crippen molar-refractivity contribution >= 4 is 28.3 Å². The highest BCUT2D eigenvalue weighted by atomic mass is 28.4. The normalized spacial score (nSPS) is 20.9. The monoisotopic (exact) mass is 509 g/mol. The fraction of sp³-hybridized carbons (Fsp3) is 0.778. The van der Waals surface area contributed by atoms with Crippen LogP contribution in [0.15, 0.2) is 29.5 Å². The maximum atomic E-state index is 11.9. The molecule has 0 saturated heterocycles. The minimum Gasteiger partial charge on any atom is -0.520 e. The van der Waals surface area contributed by atoms with Crippen molar-refractivity contribution in [2.75, 3.05) is 7.11 Å². The van der Waals surface area contributed by atoms with Crippen LogP contribution in [0.25, 0.3) is 0 Å². The van der Waals surface area contributed by atoms with Crippen molar-refractivity contribution in [2.45, 2.75) is 117 Å². The van der Waals surface area contributed by atoms with Gasteiger partial charge in [-0.2, -0.15) is 0 Å². The molecule has 3 atom stereocenters. The number of allylic oxidation sites excluding steroid dienone is 3. The van der Waals surface area contributed by atoms with Gasteiger partial charge in [0.1, 0.15) is 7.11 Å². The lowest BCUT2D eigenvalue weighted by molar-refractivity contribution is -0.135. The minimum absolute atomic E-state index is 0.0343. The second-order valence-electron chi connectivity index (χ2n) is 11.4. The van der Waals surface area contributed by atoms with Gasteiger partial charge in [0.15, 0.2) is 8.32 Å². The molecule has 1 rings (SSSR count). The second kappa shape index (κ2) is 15.7. The van der Waals surface area contributed by atoms with Gasteiger partial charge in [-0.15, -0.1) is 0 Å². The van der Waals surface area contributed by atoms with Crippen molar-refractivity contribution in [3.63, 3.8) is 0 Å². The van der Waals surface area contributed by atoms with Gasteiger partial charge in [-0.1, -0.05) is 68.8 Å². The van der Waals surface area contributed by atoms with Crippen molar-refractivity contribution in [3.05, 3.63) is 24.3 Å². The van der Waals surface area contributed by atoms with Gasteiger partial charge >= 0.3 is 0 Å². The van der Waals surface area contributed by atoms with Crippen molar-refractivity contribution < 1.29 is 18.5 Å². The van der Waals surface area contributed by atoms with E-state index in [9.17, 15) is 4.79 Å². The fourth-order valence-electron chi connectivity index (χ4n) is 4.28. The summed E-state index contributed by atoms with van der Waals surface area (Å²) in [7, 11) is -1.75. The Bertz CT molecular complexity index is 677. The van der Waals surface area contributed by atoms with E-state index in [2.05, 4.69) is 75.7 Å². The molecule has 0 aromatic rings. The Hall–Kier alpha value is -1.19. The number of oxime groups is 1. The molecule has 0 N–H and O–H groups in total. The molecule has 0 aromatic carbocycles. The van der Waals surface area contributed by atoms with Crippen LogP contribution >= 0.6 is 0 Å². The molecule has 1 unspecified atom stereocenters. The standard InChI is InChI=1S/C27H51NO4Si2/c1-9-10-13-16-24(31-33(3,4)5)21-19-23-20-22-26(28-30-2)25(23)17-14-11-12-15-18-27(29)32-34(6,7)8/h19-25H,9-18H2,1-8H3/b21-19+,28-26+/t23-,24?,25+/m0/s1. The Morgan fingerprint density at radius 3 is 2.35 bits per heavy atom. The number of unbranched alkanes of at least 4 members (excludes halogenated alkanes) is 5. The van der Waals surface area contributed by atoms with Gasteiger partial charge in [-0.3, -0.25) is 4.79 Å². The van der Waals surface area contributed by atoms with E-state index in [1.54, 1.807) is 7.11 Å². The molecule has 0 aliphatic heterocycles. The van der Waals surface area contributed by atoms with Crippen LogP contribution in [0, 0.1) is 11.8 Å². The van der Waals surface area contributed by atoms with E-state index in [1.165, 1.54) is 19.3 Å². The van der Waals surface area contributed by atoms with Gasteiger partial charge in [0, 0.05) is 18.3 Å². The maximum absolute atomic E-state index is 11.9. The van der Waals surface area contributed by atoms with Gasteiger partial charge in [0.25, 0.3) is 5.97 Å². The summed E-state index contributed by atoms with van der Waals surface area (Å²) in [6, 6.07) is 0. The molecule has 5 nitrogen and oxygen atoms in total. The zero-order valence-corrected chi connectivity index (χ0v) is 25.2. The lowest BCUT2D eigenvalue weighted by Gasteiger charge is -2.25. The number of nitrogens with zero attached hydrogens (tertiary/aromatic N) is 1. The highest BCUT2D eigenvalue weighted by molar-refractivity contribution is 6.71. The smallest absolute Gasteiger partial charge is 0.292 e. The third-order valence-electron chi connectivity index (χ3n) is 5.74. The van der Waals surface area contributed by atoms with Crippen molar-refractivity contribution in [1.82, 2.24) is 0 Å². The van der Waals surface area contributed by atoms with Crippen molar-refractivity contribution in [1.29, 1.82) is 0 Å². The van der Waals surface area contributed by atoms with Gasteiger partial charge in [-0.25, -0.2) is 0 Å². The predicted molar refractivity (Wildman–Crippen MR) is 149 cm³/mol. The minimum atomic E-state index is -1.77. The summed E-state index contributed by atoms with van der Waals surface area (Å²) in [5.74, 6) is 0.642. The number of rotatable bonds is 17. The first-order chi connectivity index (χ1) is 15.9. The van der Waals surface area contributed by atoms with Crippen LogP contribution in [0.3, 0.4) is 0 Å². The Morgan fingerprint density at radius 2 is 1.74 bits per heavy atom. The SMILES string of the molecule is CCCCCC(/C=C/[C@H]1C=C/C(=N\OC)[C@@H]1CCCCCCC(=O)O[Si](C)(C)C)O[Si](C)(C)C. The van der Waals surface area contributed by atoms with Gasteiger partial charge in [-0.05, 0) is 64.6 Å². The molecular formula is C27H51NO4Si2. The lowest BCUT2D eigenvalue weighted by atomic mass is 9.88. The topological polar surface area (TPSA) is 57.1 Å². The molecule has 7 heteroatoms. The number of hydrogen-bond acceptors (Lipinski definition) is 5. The van der Waals surface area contributed by atoms with E-state index in [0.717, 1.165) is 44.2 Å². The summed E-state index contributed by atoms with van der Waals surface area (Å²) in [5, 5.41) is 4.29. The van der Waals surface area contributed by atoms with Crippen LogP contribution in [0.2, 0.25) is 39.3 Å². The molecule has 0 bridgehead atoms. The number of carbonyl (C=O) groups is 1. The van der Waals surface area contributed by atoms with Crippen LogP contribution in [-0.2, 0) is 18.5 Å². The summed E-state index contributed by atoms with van der Waals surface area (Å²) in [6.45, 7) is 15.2. The molecule has 0 radical (unpaired) electrons. The maximum Gasteiger partial charge on any atom is 0.292 e. The van der Waals surface area contributed by atoms with Crippen LogP contribution in [0.1, 0.15) is 71.1 Å². The molecule has 1 aliphatic carbocycles. The quantitative estimate of drug-likeness (QED) is 0.0866. The van der Waals surface area contributed by atoms with Crippen LogP contribution < -0.4 is 0 Å². The number of carbonyl (C=O) groups excluding carboxylic acids is 1. The largest absolute Gasteiger partial charge is 0.520 e. The van der Waals surface area contributed by atoms with Crippen molar-refractivity contribution in [3.8, 4) is 0 Å². The first kappa shape index (κ1) is 30.8. The molecule has 0 aromatic heterocycles. The van der Waals surface area contributed by atoms with E-state index in [4.69, 9.17) is 13.7 Å². The molecule has 1 aliphatic rings. The Kier molecular flexibility index (Phi) is 14.3. The molecular weight excluding hydrogens is 458 g/mol. The summed E-state index contributed by atoms with van der Waals surface area (Å²) >= 11 is 0. The molecule has 0 saturated carbocycles. The Labute approximate surface area is 211 Å². The summed E-state index contributed by atoms with van der Waals surface area (Å²) < 4.78 is 12.0. The van der Waals surface area contributed by atoms with E-state index in [0.29, 0.717) is 18.3 Å². The Balaban J connectivity index is 2.60. The van der Waals surface area contributed by atoms with E-state index in [-0.39, 0.29) is 12.1 Å². The third kappa shape index (κ3) is 14.3. The predicted octanol–water partition coefficient (Wildman–Crippen LogP) is 7.87. The van der Waals surface area contributed by atoms with Gasteiger partial charge in [0.05, 0.1) is 11.8 Å². The number of hydrogen-bond donors (Lipinski definition) is 0. The first-order valence-corrected chi connectivity index (χ1v) is 20.1. The first-order valence-electron chi connectivity index (χ1n) is 13.3. The van der Waals surface area contributed by atoms with E-state index in [1.807, 2.05) is 0 Å². The van der Waals surface area contributed by atoms with E-state index >= 15 is 0 Å². The van der Waals surface area contributed by atoms with E-state index < -0.39 is 16.6 Å². The van der Waals surface area contributed by atoms with Crippen LogP contribution in [0.5, 0.6) is 0 Å². The van der Waals surface area contributed by atoms with Crippen molar-refractivity contribution in [2.24, 2.45) is 17.0 Å². The second-order valence-corrected chi connectivity index (χ2v) is 20.3. The van der Waals surface area contributed by atoms with Gasteiger partial charge < -0.3 is 13.7 Å². The zero-order chi connectivity index (χ0) is 25.6. The Morgan fingerprint density at radius 1 is 1.03 bits per heavy atom. The lowest BCUT2D eigenvalue weighted by Crippen LogP contribution is -2.31. The summed E-state index contributed by atoms with van der Waals surface area (Å²) in [4.78, 5) is 17.0. The molecule has 0 spiro atoms. The summed E-state index contributed by atoms with van der Waals surface area (Å²) in [5.41, 5.74) is 1.03. The zero-order valence-electron chi connectivity index (χ0n) is 23.2.